The van der Waals surface area contributed by atoms with Gasteiger partial charge in [0.2, 0.25) is 5.91 Å². The Morgan fingerprint density at radius 1 is 1.06 bits per heavy atom. The number of nitrogens with zero attached hydrogens (tertiary/aromatic N) is 2. The largest absolute Gasteiger partial charge is 0.491 e. The van der Waals surface area contributed by atoms with Gasteiger partial charge in [0.05, 0.1) is 17.6 Å². The molecule has 4 aromatic rings. The molecule has 3 aromatic carbocycles. The van der Waals surface area contributed by atoms with Crippen LogP contribution in [0.2, 0.25) is 0 Å². The van der Waals surface area contributed by atoms with E-state index >= 15 is 0 Å². The Balaban J connectivity index is 1.26. The van der Waals surface area contributed by atoms with Gasteiger partial charge in [-0.1, -0.05) is 56.3 Å². The number of aromatic amines is 1. The van der Waals surface area contributed by atoms with Crippen LogP contribution in [0.3, 0.4) is 0 Å². The van der Waals surface area contributed by atoms with Gasteiger partial charge in [0.1, 0.15) is 18.2 Å². The molecular weight excluding hydrogens is 446 g/mol. The van der Waals surface area contributed by atoms with Gasteiger partial charge in [-0.2, -0.15) is 0 Å². The van der Waals surface area contributed by atoms with Crippen molar-refractivity contribution in [1.82, 2.24) is 14.9 Å². The molecule has 1 N–H and O–H groups in total. The highest BCUT2D eigenvalue weighted by Crippen LogP contribution is 2.31. The molecule has 5 rings (SSSR count). The number of H-pyrrole nitrogens is 1. The van der Waals surface area contributed by atoms with Crippen molar-refractivity contribution < 1.29 is 9.53 Å². The van der Waals surface area contributed by atoms with Gasteiger partial charge in [-0.3, -0.25) is 4.79 Å². The number of hydrogen-bond donors (Lipinski definition) is 1. The summed E-state index contributed by atoms with van der Waals surface area (Å²) < 4.78 is 6.04. The quantitative estimate of drug-likeness (QED) is 0.325. The van der Waals surface area contributed by atoms with Crippen LogP contribution in [-0.2, 0) is 17.8 Å². The molecule has 1 aliphatic rings. The fourth-order valence-electron chi connectivity index (χ4n) is 5.13. The number of hydrogen-bond acceptors (Lipinski definition) is 3. The molecule has 1 amide bonds. The molecule has 2 unspecified atom stereocenters. The van der Waals surface area contributed by atoms with E-state index in [1.54, 1.807) is 0 Å². The van der Waals surface area contributed by atoms with Crippen LogP contribution in [0, 0.1) is 18.8 Å². The molecule has 36 heavy (non-hydrogen) atoms. The normalized spacial score (nSPS) is 15.1. The smallest absolute Gasteiger partial charge is 0.226 e. The predicted molar refractivity (Wildman–Crippen MR) is 145 cm³/mol. The second-order valence-corrected chi connectivity index (χ2v) is 10.1. The molecule has 0 saturated carbocycles. The summed E-state index contributed by atoms with van der Waals surface area (Å²) in [5.41, 5.74) is 6.66. The first-order valence-electron chi connectivity index (χ1n) is 13.0. The third kappa shape index (κ3) is 5.30. The first kappa shape index (κ1) is 24.1. The first-order chi connectivity index (χ1) is 17.5. The van der Waals surface area contributed by atoms with E-state index in [0.29, 0.717) is 25.6 Å². The Labute approximate surface area is 213 Å². The van der Waals surface area contributed by atoms with E-state index in [4.69, 9.17) is 4.74 Å². The SMILES string of the molecule is Cc1nc2ccc(-c3ccc4c(c3)CN(C(=O)C(C)C(C)CCCc3ccccc3)CCO4)cc2[nH]1. The summed E-state index contributed by atoms with van der Waals surface area (Å²) in [6.07, 6.45) is 3.20. The summed E-state index contributed by atoms with van der Waals surface area (Å²) in [6, 6.07) is 23.2. The first-order valence-corrected chi connectivity index (χ1v) is 13.0. The second kappa shape index (κ2) is 10.6. The predicted octanol–water partition coefficient (Wildman–Crippen LogP) is 6.55. The van der Waals surface area contributed by atoms with Crippen molar-refractivity contribution in [3.8, 4) is 16.9 Å². The highest BCUT2D eigenvalue weighted by atomic mass is 16.5. The molecule has 2 heterocycles. The molecule has 0 aliphatic carbocycles. The maximum atomic E-state index is 13.5. The molecule has 2 atom stereocenters. The average Bonchev–Trinajstić information content (AvgIpc) is 3.13. The van der Waals surface area contributed by atoms with Crippen molar-refractivity contribution >= 4 is 16.9 Å². The molecule has 0 fully saturated rings. The van der Waals surface area contributed by atoms with Crippen LogP contribution < -0.4 is 4.74 Å². The number of aromatic nitrogens is 2. The lowest BCUT2D eigenvalue weighted by molar-refractivity contribution is -0.137. The fourth-order valence-corrected chi connectivity index (χ4v) is 5.13. The Kier molecular flexibility index (Phi) is 7.08. The van der Waals surface area contributed by atoms with E-state index in [9.17, 15) is 4.79 Å². The van der Waals surface area contributed by atoms with Crippen LogP contribution in [0.15, 0.2) is 66.7 Å². The lowest BCUT2D eigenvalue weighted by atomic mass is 9.89. The Bertz CT molecular complexity index is 1340. The lowest BCUT2D eigenvalue weighted by Gasteiger charge is -2.27. The van der Waals surface area contributed by atoms with Crippen LogP contribution in [0.25, 0.3) is 22.2 Å². The zero-order valence-corrected chi connectivity index (χ0v) is 21.5. The summed E-state index contributed by atoms with van der Waals surface area (Å²) in [5.74, 6) is 2.32. The number of aryl methyl sites for hydroxylation is 2. The average molecular weight is 482 g/mol. The van der Waals surface area contributed by atoms with Crippen LogP contribution in [-0.4, -0.2) is 33.9 Å². The third-order valence-electron chi connectivity index (χ3n) is 7.50. The zero-order valence-electron chi connectivity index (χ0n) is 21.5. The molecule has 0 radical (unpaired) electrons. The highest BCUT2D eigenvalue weighted by molar-refractivity contribution is 5.82. The molecule has 0 spiro atoms. The number of imidazole rings is 1. The number of rotatable bonds is 7. The van der Waals surface area contributed by atoms with Gasteiger partial charge < -0.3 is 14.6 Å². The maximum Gasteiger partial charge on any atom is 0.226 e. The molecule has 0 bridgehead atoms. The Morgan fingerprint density at radius 2 is 1.83 bits per heavy atom. The van der Waals surface area contributed by atoms with Gasteiger partial charge >= 0.3 is 0 Å². The van der Waals surface area contributed by atoms with E-state index in [1.807, 2.05) is 24.0 Å². The molecule has 0 saturated heterocycles. The molecule has 186 valence electrons. The topological polar surface area (TPSA) is 58.2 Å². The number of nitrogens with one attached hydrogen (secondary N) is 1. The number of fused-ring (bicyclic) bond motifs is 2. The minimum atomic E-state index is -0.0171. The van der Waals surface area contributed by atoms with Gasteiger partial charge in [0.15, 0.2) is 0 Å². The van der Waals surface area contributed by atoms with Gasteiger partial charge in [-0.05, 0) is 73.1 Å². The summed E-state index contributed by atoms with van der Waals surface area (Å²) in [7, 11) is 0. The third-order valence-corrected chi connectivity index (χ3v) is 7.50. The monoisotopic (exact) mass is 481 g/mol. The van der Waals surface area contributed by atoms with Crippen LogP contribution in [0.4, 0.5) is 0 Å². The standard InChI is InChI=1S/C31H35N3O2/c1-21(8-7-11-24-9-5-4-6-10-24)22(2)31(35)34-16-17-36-30-15-13-25(18-27(30)20-34)26-12-14-28-29(19-26)33-23(3)32-28/h4-6,9-10,12-15,18-19,21-22H,7-8,11,16-17,20H2,1-3H3,(H,32,33). The van der Waals surface area contributed by atoms with Crippen molar-refractivity contribution in [2.75, 3.05) is 13.2 Å². The minimum Gasteiger partial charge on any atom is -0.491 e. The van der Waals surface area contributed by atoms with Gasteiger partial charge in [-0.15, -0.1) is 0 Å². The molecule has 5 nitrogen and oxygen atoms in total. The summed E-state index contributed by atoms with van der Waals surface area (Å²) in [6.45, 7) is 7.97. The minimum absolute atomic E-state index is 0.0171. The maximum absolute atomic E-state index is 13.5. The van der Waals surface area contributed by atoms with Crippen molar-refractivity contribution in [3.05, 3.63) is 83.7 Å². The molecule has 1 aliphatic heterocycles. The molecule has 5 heteroatoms. The van der Waals surface area contributed by atoms with Crippen molar-refractivity contribution in [2.45, 2.75) is 46.6 Å². The van der Waals surface area contributed by atoms with Crippen molar-refractivity contribution in [1.29, 1.82) is 0 Å². The number of amides is 1. The Hall–Kier alpha value is -3.60. The Morgan fingerprint density at radius 3 is 2.67 bits per heavy atom. The second-order valence-electron chi connectivity index (χ2n) is 10.1. The summed E-state index contributed by atoms with van der Waals surface area (Å²) in [5, 5.41) is 0. The summed E-state index contributed by atoms with van der Waals surface area (Å²) >= 11 is 0. The van der Waals surface area contributed by atoms with E-state index in [2.05, 4.69) is 78.4 Å². The van der Waals surface area contributed by atoms with Crippen molar-refractivity contribution in [2.24, 2.45) is 11.8 Å². The number of ether oxygens (including phenoxy) is 1. The van der Waals surface area contributed by atoms with E-state index in [-0.39, 0.29) is 11.8 Å². The van der Waals surface area contributed by atoms with Crippen LogP contribution >= 0.6 is 0 Å². The van der Waals surface area contributed by atoms with Crippen LogP contribution in [0.5, 0.6) is 5.75 Å². The number of carbonyl (C=O) groups excluding carboxylic acids is 1. The van der Waals surface area contributed by atoms with Crippen molar-refractivity contribution in [3.63, 3.8) is 0 Å². The molecule has 1 aromatic heterocycles. The van der Waals surface area contributed by atoms with Gasteiger partial charge in [0.25, 0.3) is 0 Å². The fraction of sp³-hybridized carbons (Fsp3) is 0.355. The molecular formula is C31H35N3O2. The van der Waals surface area contributed by atoms with Gasteiger partial charge in [0, 0.05) is 18.0 Å². The van der Waals surface area contributed by atoms with E-state index < -0.39 is 0 Å². The van der Waals surface area contributed by atoms with Gasteiger partial charge in [-0.25, -0.2) is 4.98 Å². The zero-order chi connectivity index (χ0) is 25.1. The number of benzene rings is 3. The number of carbonyl (C=O) groups is 1. The summed E-state index contributed by atoms with van der Waals surface area (Å²) in [4.78, 5) is 23.3. The van der Waals surface area contributed by atoms with E-state index in [1.165, 1.54) is 5.56 Å². The van der Waals surface area contributed by atoms with Crippen LogP contribution in [0.1, 0.15) is 43.6 Å². The highest BCUT2D eigenvalue weighted by Gasteiger charge is 2.27. The van der Waals surface area contributed by atoms with E-state index in [0.717, 1.165) is 58.6 Å². The lowest BCUT2D eigenvalue weighted by Crippen LogP contribution is -2.38.